The zero-order chi connectivity index (χ0) is 19.1. The Balaban J connectivity index is 1.77. The summed E-state index contributed by atoms with van der Waals surface area (Å²) >= 11 is 3.00. The van der Waals surface area contributed by atoms with Crippen molar-refractivity contribution in [1.82, 2.24) is 10.2 Å². The fourth-order valence-corrected chi connectivity index (χ4v) is 4.63. The molecule has 4 nitrogen and oxygen atoms in total. The number of aromatic nitrogens is 2. The second-order valence-electron chi connectivity index (χ2n) is 6.35. The Kier molecular flexibility index (Phi) is 7.01. The number of nitrogens with one attached hydrogen (secondary N) is 1. The number of hydrogen-bond acceptors (Lipinski definition) is 5. The summed E-state index contributed by atoms with van der Waals surface area (Å²) in [5.41, 5.74) is 0.966. The maximum absolute atomic E-state index is 13.0. The highest BCUT2D eigenvalue weighted by molar-refractivity contribution is 8.00. The van der Waals surface area contributed by atoms with Crippen LogP contribution >= 0.6 is 23.1 Å². The van der Waals surface area contributed by atoms with E-state index in [1.807, 2.05) is 60.7 Å². The van der Waals surface area contributed by atoms with Crippen LogP contribution in [0, 0.1) is 0 Å². The van der Waals surface area contributed by atoms with Crippen LogP contribution in [0.25, 0.3) is 0 Å². The molecule has 0 fully saturated rings. The predicted molar refractivity (Wildman–Crippen MR) is 113 cm³/mol. The summed E-state index contributed by atoms with van der Waals surface area (Å²) in [5, 5.41) is 12.6. The van der Waals surface area contributed by atoms with Crippen molar-refractivity contribution in [3.05, 3.63) is 71.2 Å². The quantitative estimate of drug-likeness (QED) is 0.480. The van der Waals surface area contributed by atoms with Crippen molar-refractivity contribution in [2.75, 3.05) is 5.32 Å². The van der Waals surface area contributed by atoms with E-state index in [9.17, 15) is 4.79 Å². The van der Waals surface area contributed by atoms with Gasteiger partial charge in [0.15, 0.2) is 0 Å². The SMILES string of the molecule is CCC[C@@H](C)c1nnc(NC(=O)[C@H](Sc2ccccc2)c2ccccc2)s1. The zero-order valence-corrected chi connectivity index (χ0v) is 17.1. The van der Waals surface area contributed by atoms with Crippen LogP contribution in [0.1, 0.15) is 48.4 Å². The number of nitrogens with zero attached hydrogens (tertiary/aromatic N) is 2. The van der Waals surface area contributed by atoms with Gasteiger partial charge in [-0.3, -0.25) is 10.1 Å². The maximum atomic E-state index is 13.0. The summed E-state index contributed by atoms with van der Waals surface area (Å²) in [6.45, 7) is 4.30. The van der Waals surface area contributed by atoms with Crippen molar-refractivity contribution in [3.8, 4) is 0 Å². The van der Waals surface area contributed by atoms with Gasteiger partial charge >= 0.3 is 0 Å². The summed E-state index contributed by atoms with van der Waals surface area (Å²) in [4.78, 5) is 14.1. The molecule has 27 heavy (non-hydrogen) atoms. The smallest absolute Gasteiger partial charge is 0.244 e. The van der Waals surface area contributed by atoms with Crippen molar-refractivity contribution in [1.29, 1.82) is 0 Å². The Bertz CT molecular complexity index is 852. The number of carbonyl (C=O) groups is 1. The Labute approximate surface area is 168 Å². The highest BCUT2D eigenvalue weighted by Gasteiger charge is 2.23. The van der Waals surface area contributed by atoms with Gasteiger partial charge in [-0.05, 0) is 24.1 Å². The summed E-state index contributed by atoms with van der Waals surface area (Å²) in [7, 11) is 0. The normalized spacial score (nSPS) is 13.1. The van der Waals surface area contributed by atoms with Crippen molar-refractivity contribution in [2.24, 2.45) is 0 Å². The monoisotopic (exact) mass is 397 g/mol. The summed E-state index contributed by atoms with van der Waals surface area (Å²) in [6, 6.07) is 19.8. The first kappa shape index (κ1) is 19.6. The van der Waals surface area contributed by atoms with Gasteiger partial charge in [0.25, 0.3) is 0 Å². The molecule has 140 valence electrons. The van der Waals surface area contributed by atoms with Crippen LogP contribution in [-0.4, -0.2) is 16.1 Å². The number of thioether (sulfide) groups is 1. The lowest BCUT2D eigenvalue weighted by atomic mass is 10.1. The van der Waals surface area contributed by atoms with Gasteiger partial charge in [0.05, 0.1) is 0 Å². The first-order valence-electron chi connectivity index (χ1n) is 9.08. The molecule has 6 heteroatoms. The van der Waals surface area contributed by atoms with Crippen molar-refractivity contribution in [2.45, 2.75) is 42.8 Å². The molecule has 0 aliphatic heterocycles. The van der Waals surface area contributed by atoms with E-state index in [1.54, 1.807) is 0 Å². The Morgan fingerprint density at radius 2 is 1.74 bits per heavy atom. The number of rotatable bonds is 8. The summed E-state index contributed by atoms with van der Waals surface area (Å²) in [6.07, 6.45) is 2.17. The van der Waals surface area contributed by atoms with E-state index in [2.05, 4.69) is 29.4 Å². The maximum Gasteiger partial charge on any atom is 0.244 e. The topological polar surface area (TPSA) is 54.9 Å². The van der Waals surface area contributed by atoms with E-state index in [0.717, 1.165) is 28.3 Å². The molecule has 3 aromatic rings. The Hall–Kier alpha value is -2.18. The third-order valence-electron chi connectivity index (χ3n) is 4.15. The largest absolute Gasteiger partial charge is 0.299 e. The van der Waals surface area contributed by atoms with Crippen LogP contribution < -0.4 is 5.32 Å². The molecule has 2 atom stereocenters. The van der Waals surface area contributed by atoms with Gasteiger partial charge in [-0.1, -0.05) is 80.1 Å². The molecule has 0 aliphatic rings. The van der Waals surface area contributed by atoms with Crippen LogP contribution in [0.15, 0.2) is 65.6 Å². The van der Waals surface area contributed by atoms with E-state index in [1.165, 1.54) is 23.1 Å². The third-order valence-corrected chi connectivity index (χ3v) is 6.49. The second-order valence-corrected chi connectivity index (χ2v) is 8.53. The average molecular weight is 398 g/mol. The molecule has 0 radical (unpaired) electrons. The molecular weight excluding hydrogens is 374 g/mol. The predicted octanol–water partition coefficient (Wildman–Crippen LogP) is 5.91. The molecular formula is C21H23N3OS2. The highest BCUT2D eigenvalue weighted by Crippen LogP contribution is 2.36. The molecule has 1 N–H and O–H groups in total. The second kappa shape index (κ2) is 9.67. The molecule has 0 aliphatic carbocycles. The lowest BCUT2D eigenvalue weighted by Crippen LogP contribution is -2.18. The molecule has 1 aromatic heterocycles. The highest BCUT2D eigenvalue weighted by atomic mass is 32.2. The van der Waals surface area contributed by atoms with Crippen LogP contribution in [0.3, 0.4) is 0 Å². The van der Waals surface area contributed by atoms with Crippen LogP contribution in [0.5, 0.6) is 0 Å². The number of benzene rings is 2. The first-order chi connectivity index (χ1) is 13.2. The minimum Gasteiger partial charge on any atom is -0.299 e. The lowest BCUT2D eigenvalue weighted by molar-refractivity contribution is -0.115. The molecule has 0 unspecified atom stereocenters. The molecule has 2 aromatic carbocycles. The van der Waals surface area contributed by atoms with Gasteiger partial charge in [0.1, 0.15) is 10.3 Å². The van der Waals surface area contributed by atoms with Crippen LogP contribution in [-0.2, 0) is 4.79 Å². The standard InChI is InChI=1S/C21H23N3OS2/c1-3-10-15(2)20-23-24-21(27-20)22-19(25)18(16-11-6-4-7-12-16)26-17-13-8-5-9-14-17/h4-9,11-15,18H,3,10H2,1-2H3,(H,22,24,25)/t15-,18-/m1/s1. The molecule has 1 heterocycles. The molecule has 0 saturated heterocycles. The lowest BCUT2D eigenvalue weighted by Gasteiger charge is -2.16. The Morgan fingerprint density at radius 1 is 1.07 bits per heavy atom. The minimum absolute atomic E-state index is 0.0825. The van der Waals surface area contributed by atoms with E-state index in [4.69, 9.17) is 0 Å². The van der Waals surface area contributed by atoms with Crippen molar-refractivity contribution < 1.29 is 4.79 Å². The number of carbonyl (C=O) groups excluding carboxylic acids is 1. The molecule has 0 spiro atoms. The fourth-order valence-electron chi connectivity index (χ4n) is 2.75. The third kappa shape index (κ3) is 5.40. The molecule has 0 saturated carbocycles. The Morgan fingerprint density at radius 3 is 2.41 bits per heavy atom. The zero-order valence-electron chi connectivity index (χ0n) is 15.5. The van der Waals surface area contributed by atoms with Crippen molar-refractivity contribution >= 4 is 34.1 Å². The van der Waals surface area contributed by atoms with E-state index < -0.39 is 0 Å². The summed E-state index contributed by atoms with van der Waals surface area (Å²) in [5.74, 6) is 0.280. The van der Waals surface area contributed by atoms with Crippen LogP contribution in [0.4, 0.5) is 5.13 Å². The van der Waals surface area contributed by atoms with Gasteiger partial charge in [-0.15, -0.1) is 22.0 Å². The van der Waals surface area contributed by atoms with Gasteiger partial charge in [-0.2, -0.15) is 0 Å². The molecule has 1 amide bonds. The van der Waals surface area contributed by atoms with Gasteiger partial charge in [0.2, 0.25) is 11.0 Å². The van der Waals surface area contributed by atoms with Gasteiger partial charge < -0.3 is 0 Å². The van der Waals surface area contributed by atoms with Gasteiger partial charge in [0, 0.05) is 10.8 Å². The van der Waals surface area contributed by atoms with Gasteiger partial charge in [-0.25, -0.2) is 0 Å². The van der Waals surface area contributed by atoms with E-state index >= 15 is 0 Å². The molecule has 3 rings (SSSR count). The number of amides is 1. The average Bonchev–Trinajstić information content (AvgIpc) is 3.16. The van der Waals surface area contributed by atoms with Crippen molar-refractivity contribution in [3.63, 3.8) is 0 Å². The summed E-state index contributed by atoms with van der Waals surface area (Å²) < 4.78 is 0. The van der Waals surface area contributed by atoms with E-state index in [0.29, 0.717) is 11.0 Å². The first-order valence-corrected chi connectivity index (χ1v) is 10.8. The van der Waals surface area contributed by atoms with E-state index in [-0.39, 0.29) is 11.2 Å². The minimum atomic E-state index is -0.353. The molecule has 0 bridgehead atoms. The fraction of sp³-hybridized carbons (Fsp3) is 0.286. The number of anilines is 1. The number of hydrogen-bond donors (Lipinski definition) is 1. The van der Waals surface area contributed by atoms with Crippen LogP contribution in [0.2, 0.25) is 0 Å².